The Hall–Kier alpha value is -0.320. The maximum Gasteiger partial charge on any atom is 0.105 e. The van der Waals surface area contributed by atoms with Gasteiger partial charge in [-0.1, -0.05) is 133 Å². The molecule has 0 N–H and O–H groups in total. The smallest absolute Gasteiger partial charge is 0.105 e. The molecule has 1 rings (SSSR count). The molecule has 0 aromatic heterocycles. The van der Waals surface area contributed by atoms with Gasteiger partial charge in [0.1, 0.15) is 6.10 Å². The van der Waals surface area contributed by atoms with Crippen LogP contribution < -0.4 is 0 Å². The van der Waals surface area contributed by atoms with Gasteiger partial charge >= 0.3 is 0 Å². The number of unbranched alkanes of at least 4 members (excludes halogenated alkanes) is 15. The minimum atomic E-state index is -0.0829. The van der Waals surface area contributed by atoms with Crippen LogP contribution in [-0.4, -0.2) is 33.0 Å². The first-order valence-corrected chi connectivity index (χ1v) is 14.5. The molecule has 0 aliphatic carbocycles. The maximum atomic E-state index is 6.07. The third-order valence-corrected chi connectivity index (χ3v) is 7.01. The van der Waals surface area contributed by atoms with Crippen LogP contribution in [0.4, 0.5) is 0 Å². The van der Waals surface area contributed by atoms with E-state index in [1.54, 1.807) is 13.2 Å². The van der Waals surface area contributed by atoms with Crippen molar-refractivity contribution in [2.75, 3.05) is 26.9 Å². The van der Waals surface area contributed by atoms with E-state index in [4.69, 9.17) is 37.4 Å². The largest absolute Gasteiger partial charge is 0.382 e. The third-order valence-electron chi connectivity index (χ3n) is 6.27. The lowest BCUT2D eigenvalue weighted by molar-refractivity contribution is -0.0587. The molecule has 5 heteroatoms. The van der Waals surface area contributed by atoms with Crippen molar-refractivity contribution >= 4 is 23.2 Å². The van der Waals surface area contributed by atoms with Gasteiger partial charge in [-0.3, -0.25) is 0 Å². The first kappa shape index (κ1) is 31.7. The van der Waals surface area contributed by atoms with Crippen LogP contribution in [0.25, 0.3) is 0 Å². The molecule has 0 aliphatic heterocycles. The fourth-order valence-electron chi connectivity index (χ4n) is 4.14. The summed E-state index contributed by atoms with van der Waals surface area (Å²) in [4.78, 5) is 0. The summed E-state index contributed by atoms with van der Waals surface area (Å²) in [7, 11) is 1.69. The quantitative estimate of drug-likeness (QED) is 0.128. The normalized spacial score (nSPS) is 12.4. The van der Waals surface area contributed by atoms with Crippen molar-refractivity contribution in [3.8, 4) is 0 Å². The molecule has 0 amide bonds. The highest BCUT2D eigenvalue weighted by Gasteiger charge is 2.10. The second-order valence-corrected chi connectivity index (χ2v) is 10.3. The Morgan fingerprint density at radius 1 is 0.676 bits per heavy atom. The molecule has 0 saturated heterocycles. The van der Waals surface area contributed by atoms with Crippen molar-refractivity contribution < 1.29 is 14.2 Å². The van der Waals surface area contributed by atoms with Gasteiger partial charge in [0.25, 0.3) is 0 Å². The van der Waals surface area contributed by atoms with Crippen molar-refractivity contribution in [2.24, 2.45) is 0 Å². The number of hydrogen-bond acceptors (Lipinski definition) is 3. The van der Waals surface area contributed by atoms with Crippen LogP contribution in [0.5, 0.6) is 0 Å². The molecule has 34 heavy (non-hydrogen) atoms. The highest BCUT2D eigenvalue weighted by Crippen LogP contribution is 2.23. The molecule has 0 aliphatic rings. The lowest BCUT2D eigenvalue weighted by atomic mass is 10.0. The highest BCUT2D eigenvalue weighted by atomic mass is 35.5. The Bertz CT molecular complexity index is 582. The first-order chi connectivity index (χ1) is 16.7. The highest BCUT2D eigenvalue weighted by molar-refractivity contribution is 6.42. The fourth-order valence-corrected chi connectivity index (χ4v) is 4.46. The fraction of sp³-hybridized carbons (Fsp3) is 0.793. The van der Waals surface area contributed by atoms with Crippen LogP contribution in [0.3, 0.4) is 0 Å². The average molecular weight is 518 g/mol. The lowest BCUT2D eigenvalue weighted by Crippen LogP contribution is -2.25. The van der Waals surface area contributed by atoms with Gasteiger partial charge in [-0.25, -0.2) is 0 Å². The Morgan fingerprint density at radius 2 is 1.21 bits per heavy atom. The zero-order valence-corrected chi connectivity index (χ0v) is 23.4. The molecule has 0 heterocycles. The van der Waals surface area contributed by atoms with E-state index in [0.717, 1.165) is 18.6 Å². The van der Waals surface area contributed by atoms with E-state index in [0.29, 0.717) is 29.9 Å². The summed E-state index contributed by atoms with van der Waals surface area (Å²) in [6, 6.07) is 5.56. The van der Waals surface area contributed by atoms with Crippen molar-refractivity contribution in [2.45, 2.75) is 122 Å². The van der Waals surface area contributed by atoms with Gasteiger partial charge in [-0.2, -0.15) is 0 Å². The second kappa shape index (κ2) is 23.1. The van der Waals surface area contributed by atoms with Crippen LogP contribution in [-0.2, 0) is 20.8 Å². The van der Waals surface area contributed by atoms with Gasteiger partial charge in [0.2, 0.25) is 0 Å². The number of halogens is 2. The summed E-state index contributed by atoms with van der Waals surface area (Å²) in [6.45, 7) is 4.60. The van der Waals surface area contributed by atoms with E-state index in [-0.39, 0.29) is 6.10 Å². The van der Waals surface area contributed by atoms with E-state index in [2.05, 4.69) is 6.92 Å². The van der Waals surface area contributed by atoms with Crippen LogP contribution in [0.2, 0.25) is 10.0 Å². The van der Waals surface area contributed by atoms with Gasteiger partial charge in [0.05, 0.1) is 29.9 Å². The van der Waals surface area contributed by atoms with Gasteiger partial charge < -0.3 is 14.2 Å². The molecule has 1 aromatic rings. The third kappa shape index (κ3) is 18.0. The number of rotatable bonds is 24. The van der Waals surface area contributed by atoms with Gasteiger partial charge in [0, 0.05) is 13.7 Å². The summed E-state index contributed by atoms with van der Waals surface area (Å²) in [5.41, 5.74) is 0.994. The Balaban J connectivity index is 1.90. The standard InChI is InChI=1S/C29H50Cl2O3/c1-3-4-5-6-7-8-9-10-11-12-13-14-15-16-17-18-21-33-25-27(24-32-2)34-23-26-19-20-28(30)29(31)22-26/h19-20,22,27H,3-18,21,23-25H2,1-2H3/t27-/m0/s1. The second-order valence-electron chi connectivity index (χ2n) is 9.52. The predicted molar refractivity (Wildman–Crippen MR) is 147 cm³/mol. The minimum Gasteiger partial charge on any atom is -0.382 e. The molecule has 1 aromatic carbocycles. The van der Waals surface area contributed by atoms with Crippen LogP contribution >= 0.6 is 23.2 Å². The molecule has 0 spiro atoms. The Morgan fingerprint density at radius 3 is 1.71 bits per heavy atom. The van der Waals surface area contributed by atoms with Crippen molar-refractivity contribution in [3.63, 3.8) is 0 Å². The topological polar surface area (TPSA) is 27.7 Å². The van der Waals surface area contributed by atoms with Gasteiger partial charge in [-0.05, 0) is 24.1 Å². The summed E-state index contributed by atoms with van der Waals surface area (Å²) in [5.74, 6) is 0. The molecule has 0 unspecified atom stereocenters. The van der Waals surface area contributed by atoms with Crippen LogP contribution in [0.1, 0.15) is 115 Å². The lowest BCUT2D eigenvalue weighted by Gasteiger charge is -2.17. The first-order valence-electron chi connectivity index (χ1n) is 13.8. The Kier molecular flexibility index (Phi) is 21.5. The number of hydrogen-bond donors (Lipinski definition) is 0. The Labute approximate surface area is 220 Å². The summed E-state index contributed by atoms with van der Waals surface area (Å²) in [5, 5.41) is 1.10. The molecule has 0 fully saturated rings. The molecular formula is C29H50Cl2O3. The van der Waals surface area contributed by atoms with Crippen LogP contribution in [0, 0.1) is 0 Å². The summed E-state index contributed by atoms with van der Waals surface area (Å²) in [6.07, 6.45) is 22.0. The number of benzene rings is 1. The zero-order valence-electron chi connectivity index (χ0n) is 21.9. The number of methoxy groups -OCH3 is 1. The molecule has 0 radical (unpaired) electrons. The molecule has 0 saturated carbocycles. The van der Waals surface area contributed by atoms with Gasteiger partial charge in [-0.15, -0.1) is 0 Å². The van der Waals surface area contributed by atoms with Crippen LogP contribution in [0.15, 0.2) is 18.2 Å². The van der Waals surface area contributed by atoms with Crippen molar-refractivity contribution in [1.82, 2.24) is 0 Å². The molecule has 3 nitrogen and oxygen atoms in total. The van der Waals surface area contributed by atoms with E-state index in [1.165, 1.54) is 96.3 Å². The van der Waals surface area contributed by atoms with E-state index in [1.807, 2.05) is 12.1 Å². The summed E-state index contributed by atoms with van der Waals surface area (Å²) >= 11 is 12.0. The van der Waals surface area contributed by atoms with E-state index < -0.39 is 0 Å². The SMILES string of the molecule is CCCCCCCCCCCCCCCCCCOC[C@H](COC)OCc1ccc(Cl)c(Cl)c1. The van der Waals surface area contributed by atoms with Crippen molar-refractivity contribution in [3.05, 3.63) is 33.8 Å². The maximum absolute atomic E-state index is 6.07. The van der Waals surface area contributed by atoms with E-state index in [9.17, 15) is 0 Å². The van der Waals surface area contributed by atoms with Gasteiger partial charge in [0.15, 0.2) is 0 Å². The number of ether oxygens (including phenoxy) is 3. The molecule has 198 valence electrons. The predicted octanol–water partition coefficient (Wildman–Crippen LogP) is 9.80. The van der Waals surface area contributed by atoms with E-state index >= 15 is 0 Å². The minimum absolute atomic E-state index is 0.0829. The zero-order chi connectivity index (χ0) is 24.7. The monoisotopic (exact) mass is 516 g/mol. The van der Waals surface area contributed by atoms with Crippen molar-refractivity contribution in [1.29, 1.82) is 0 Å². The summed E-state index contributed by atoms with van der Waals surface area (Å²) < 4.78 is 17.1. The molecule has 1 atom stereocenters. The molecular weight excluding hydrogens is 467 g/mol. The molecule has 0 bridgehead atoms. The average Bonchev–Trinajstić information content (AvgIpc) is 2.83.